The third-order valence-corrected chi connectivity index (χ3v) is 5.91. The number of amides is 1. The summed E-state index contributed by atoms with van der Waals surface area (Å²) in [6.07, 6.45) is 3.35. The van der Waals surface area contributed by atoms with E-state index in [-0.39, 0.29) is 16.3 Å². The number of hydrogen-bond acceptors (Lipinski definition) is 6. The molecule has 6 nitrogen and oxygen atoms in total. The Morgan fingerprint density at radius 3 is 2.75 bits per heavy atom. The number of unbranched alkanes of at least 4 members (excludes halogenated alkanes) is 1. The van der Waals surface area contributed by atoms with Crippen LogP contribution in [0.2, 0.25) is 0 Å². The molecule has 0 radical (unpaired) electrons. The molecule has 0 spiro atoms. The van der Waals surface area contributed by atoms with Gasteiger partial charge in [0.25, 0.3) is 5.78 Å². The first-order valence-corrected chi connectivity index (χ1v) is 11.1. The number of anilines is 1. The zero-order valence-electron chi connectivity index (χ0n) is 17.3. The number of aliphatic hydroxyl groups excluding tert-OH is 1. The van der Waals surface area contributed by atoms with Gasteiger partial charge >= 0.3 is 5.91 Å². The number of ketones is 1. The predicted molar refractivity (Wildman–Crippen MR) is 120 cm³/mol. The fourth-order valence-corrected chi connectivity index (χ4v) is 4.25. The summed E-state index contributed by atoms with van der Waals surface area (Å²) >= 11 is 1.15. The van der Waals surface area contributed by atoms with Gasteiger partial charge in [0.2, 0.25) is 0 Å². The molecule has 2 heterocycles. The van der Waals surface area contributed by atoms with Crippen LogP contribution in [0.15, 0.2) is 65.7 Å². The molecule has 3 aromatic rings. The molecule has 1 N–H and O–H groups in total. The summed E-state index contributed by atoms with van der Waals surface area (Å²) in [6, 6.07) is 11.4. The van der Waals surface area contributed by atoms with Crippen molar-refractivity contribution in [2.45, 2.75) is 25.8 Å². The van der Waals surface area contributed by atoms with E-state index in [9.17, 15) is 19.1 Å². The number of ether oxygens (including phenoxy) is 1. The highest BCUT2D eigenvalue weighted by Crippen LogP contribution is 2.43. The second-order valence-electron chi connectivity index (χ2n) is 7.24. The molecule has 2 aromatic carbocycles. The molecule has 1 atom stereocenters. The van der Waals surface area contributed by atoms with Gasteiger partial charge in [-0.15, -0.1) is 11.3 Å². The van der Waals surface area contributed by atoms with Crippen molar-refractivity contribution in [2.75, 3.05) is 11.5 Å². The molecular weight excluding hydrogens is 431 g/mol. The summed E-state index contributed by atoms with van der Waals surface area (Å²) in [4.78, 5) is 31.2. The van der Waals surface area contributed by atoms with E-state index >= 15 is 0 Å². The average molecular weight is 453 g/mol. The van der Waals surface area contributed by atoms with Crippen molar-refractivity contribution in [1.29, 1.82) is 0 Å². The van der Waals surface area contributed by atoms with Gasteiger partial charge in [0, 0.05) is 22.7 Å². The summed E-state index contributed by atoms with van der Waals surface area (Å²) in [5, 5.41) is 13.0. The van der Waals surface area contributed by atoms with Gasteiger partial charge in [-0.3, -0.25) is 14.5 Å². The Bertz CT molecular complexity index is 1180. The van der Waals surface area contributed by atoms with Gasteiger partial charge in [-0.2, -0.15) is 0 Å². The minimum atomic E-state index is -1.15. The maximum Gasteiger partial charge on any atom is 0.301 e. The molecule has 164 valence electrons. The molecular formula is C24H21FN2O4S. The fraction of sp³-hybridized carbons (Fsp3) is 0.208. The molecule has 32 heavy (non-hydrogen) atoms. The third kappa shape index (κ3) is 4.01. The van der Waals surface area contributed by atoms with Crippen molar-refractivity contribution >= 4 is 33.9 Å². The molecule has 1 fully saturated rings. The van der Waals surface area contributed by atoms with E-state index in [0.29, 0.717) is 17.9 Å². The maximum absolute atomic E-state index is 14.8. The first-order chi connectivity index (χ1) is 15.5. The number of rotatable bonds is 7. The van der Waals surface area contributed by atoms with E-state index in [2.05, 4.69) is 11.9 Å². The van der Waals surface area contributed by atoms with Gasteiger partial charge in [0.05, 0.1) is 12.2 Å². The highest BCUT2D eigenvalue weighted by molar-refractivity contribution is 7.14. The van der Waals surface area contributed by atoms with E-state index in [0.717, 1.165) is 29.1 Å². The van der Waals surface area contributed by atoms with E-state index in [1.165, 1.54) is 24.4 Å². The lowest BCUT2D eigenvalue weighted by Gasteiger charge is -2.23. The van der Waals surface area contributed by atoms with E-state index < -0.39 is 29.3 Å². The summed E-state index contributed by atoms with van der Waals surface area (Å²) in [6.45, 7) is 2.57. The van der Waals surface area contributed by atoms with E-state index in [1.54, 1.807) is 35.7 Å². The molecule has 0 bridgehead atoms. The van der Waals surface area contributed by atoms with Crippen LogP contribution in [0, 0.1) is 5.82 Å². The van der Waals surface area contributed by atoms with Crippen LogP contribution < -0.4 is 9.64 Å². The Morgan fingerprint density at radius 1 is 1.22 bits per heavy atom. The van der Waals surface area contributed by atoms with Crippen LogP contribution in [0.5, 0.6) is 5.75 Å². The van der Waals surface area contributed by atoms with E-state index in [1.807, 2.05) is 0 Å². The van der Waals surface area contributed by atoms with Crippen LogP contribution in [0.25, 0.3) is 5.76 Å². The average Bonchev–Trinajstić information content (AvgIpc) is 3.41. The van der Waals surface area contributed by atoms with Crippen LogP contribution in [-0.4, -0.2) is 28.4 Å². The summed E-state index contributed by atoms with van der Waals surface area (Å²) in [5.41, 5.74) is 0.206. The number of Topliss-reactive ketones (excluding diaryl/α,β-unsaturated/α-hetero) is 1. The van der Waals surface area contributed by atoms with Crippen LogP contribution in [0.4, 0.5) is 9.52 Å². The molecule has 1 aliphatic heterocycles. The zero-order valence-corrected chi connectivity index (χ0v) is 18.1. The van der Waals surface area contributed by atoms with Gasteiger partial charge < -0.3 is 9.84 Å². The van der Waals surface area contributed by atoms with Gasteiger partial charge in [-0.05, 0) is 24.6 Å². The largest absolute Gasteiger partial charge is 0.507 e. The number of carbonyl (C=O) groups excluding carboxylic acids is 2. The number of nitrogens with zero attached hydrogens (tertiary/aromatic N) is 2. The number of carbonyl (C=O) groups is 2. The maximum atomic E-state index is 14.8. The Balaban J connectivity index is 1.84. The van der Waals surface area contributed by atoms with Gasteiger partial charge in [-0.25, -0.2) is 9.37 Å². The Kier molecular flexibility index (Phi) is 6.32. The topological polar surface area (TPSA) is 79.7 Å². The van der Waals surface area contributed by atoms with Crippen LogP contribution in [0.1, 0.15) is 36.9 Å². The molecule has 0 aliphatic carbocycles. The lowest BCUT2D eigenvalue weighted by atomic mass is 9.95. The first kappa shape index (κ1) is 21.7. The third-order valence-electron chi connectivity index (χ3n) is 5.14. The van der Waals surface area contributed by atoms with Crippen molar-refractivity contribution in [3.8, 4) is 5.75 Å². The normalized spacial score (nSPS) is 17.7. The minimum Gasteiger partial charge on any atom is -0.507 e. The standard InChI is InChI=1S/C24H21FN2O4S/c1-2-3-12-31-16-8-6-7-15(14-16)21(28)19-20(17-9-4-5-10-18(17)25)27(23(30)22(19)29)24-26-11-13-32-24/h4-11,13-14,20,28H,2-3,12H2,1H3. The molecule has 0 saturated carbocycles. The van der Waals surface area contributed by atoms with Gasteiger partial charge in [-0.1, -0.05) is 43.7 Å². The predicted octanol–water partition coefficient (Wildman–Crippen LogP) is 5.09. The lowest BCUT2D eigenvalue weighted by molar-refractivity contribution is -0.132. The van der Waals surface area contributed by atoms with Crippen LogP contribution in [0.3, 0.4) is 0 Å². The molecule has 1 unspecified atom stereocenters. The Labute approximate surface area is 188 Å². The second kappa shape index (κ2) is 9.32. The summed E-state index contributed by atoms with van der Waals surface area (Å²) in [5.74, 6) is -2.23. The number of benzene rings is 2. The molecule has 1 aliphatic rings. The van der Waals surface area contributed by atoms with E-state index in [4.69, 9.17) is 4.74 Å². The first-order valence-electron chi connectivity index (χ1n) is 10.2. The van der Waals surface area contributed by atoms with Crippen LogP contribution in [-0.2, 0) is 9.59 Å². The molecule has 4 rings (SSSR count). The summed E-state index contributed by atoms with van der Waals surface area (Å²) in [7, 11) is 0. The molecule has 8 heteroatoms. The molecule has 1 amide bonds. The monoisotopic (exact) mass is 452 g/mol. The van der Waals surface area contributed by atoms with Crippen molar-refractivity contribution in [3.05, 3.63) is 82.6 Å². The molecule has 1 aromatic heterocycles. The minimum absolute atomic E-state index is 0.0961. The van der Waals surface area contributed by atoms with Crippen molar-refractivity contribution < 1.29 is 23.8 Å². The smallest absolute Gasteiger partial charge is 0.301 e. The number of halogens is 1. The summed E-state index contributed by atoms with van der Waals surface area (Å²) < 4.78 is 20.5. The Morgan fingerprint density at radius 2 is 2.03 bits per heavy atom. The fourth-order valence-electron chi connectivity index (χ4n) is 3.58. The quantitative estimate of drug-likeness (QED) is 0.234. The van der Waals surface area contributed by atoms with Crippen molar-refractivity contribution in [1.82, 2.24) is 4.98 Å². The number of aromatic nitrogens is 1. The lowest BCUT2D eigenvalue weighted by Crippen LogP contribution is -2.29. The Hall–Kier alpha value is -3.52. The molecule has 1 saturated heterocycles. The zero-order chi connectivity index (χ0) is 22.7. The highest BCUT2D eigenvalue weighted by Gasteiger charge is 2.48. The van der Waals surface area contributed by atoms with Gasteiger partial charge in [0.15, 0.2) is 5.13 Å². The number of aliphatic hydroxyl groups is 1. The SMILES string of the molecule is CCCCOc1cccc(C(O)=C2C(=O)C(=O)N(c3nccs3)C2c2ccccc2F)c1. The second-order valence-corrected chi connectivity index (χ2v) is 8.11. The highest BCUT2D eigenvalue weighted by atomic mass is 32.1. The van der Waals surface area contributed by atoms with Gasteiger partial charge in [0.1, 0.15) is 23.4 Å². The number of hydrogen-bond donors (Lipinski definition) is 1. The van der Waals surface area contributed by atoms with Crippen molar-refractivity contribution in [2.24, 2.45) is 0 Å². The number of thiazole rings is 1. The van der Waals surface area contributed by atoms with Crippen molar-refractivity contribution in [3.63, 3.8) is 0 Å². The van der Waals surface area contributed by atoms with Crippen LogP contribution >= 0.6 is 11.3 Å².